The Kier molecular flexibility index (Phi) is 6.59. The van der Waals surface area contributed by atoms with Gasteiger partial charge in [-0.1, -0.05) is 48.9 Å². The molecule has 0 radical (unpaired) electrons. The Morgan fingerprint density at radius 2 is 1.89 bits per heavy atom. The van der Waals surface area contributed by atoms with Crippen molar-refractivity contribution >= 4 is 36.7 Å². The van der Waals surface area contributed by atoms with E-state index in [9.17, 15) is 0 Å². The van der Waals surface area contributed by atoms with Crippen molar-refractivity contribution in [2.24, 2.45) is 7.05 Å². The van der Waals surface area contributed by atoms with Crippen molar-refractivity contribution in [1.29, 1.82) is 0 Å². The molecule has 5 aromatic rings. The van der Waals surface area contributed by atoms with Gasteiger partial charge in [-0.05, 0) is 24.1 Å². The molecule has 4 aromatic heterocycles. The minimum atomic E-state index is 0. The molecule has 0 spiro atoms. The van der Waals surface area contributed by atoms with Gasteiger partial charge in [0.25, 0.3) is 0 Å². The Bertz CT molecular complexity index is 1500. The van der Waals surface area contributed by atoms with Gasteiger partial charge in [0.2, 0.25) is 0 Å². The Balaban J connectivity index is 0.00000267. The number of aromatic nitrogens is 7. The molecule has 0 bridgehead atoms. The molecule has 1 atom stereocenters. The molecular formula is C26H27ClN8S. The number of rotatable bonds is 5. The van der Waals surface area contributed by atoms with Gasteiger partial charge in [0.15, 0.2) is 5.82 Å². The first-order chi connectivity index (χ1) is 17.1. The largest absolute Gasteiger partial charge is 0.344 e. The van der Waals surface area contributed by atoms with Crippen LogP contribution in [0.1, 0.15) is 30.7 Å². The summed E-state index contributed by atoms with van der Waals surface area (Å²) in [5.41, 5.74) is 4.22. The Labute approximate surface area is 221 Å². The summed E-state index contributed by atoms with van der Waals surface area (Å²) in [4.78, 5) is 4.45. The van der Waals surface area contributed by atoms with Crippen LogP contribution in [0.25, 0.3) is 22.6 Å². The van der Waals surface area contributed by atoms with Crippen LogP contribution in [0.4, 0.5) is 11.6 Å². The van der Waals surface area contributed by atoms with Gasteiger partial charge in [-0.15, -0.1) is 10.2 Å². The van der Waals surface area contributed by atoms with Gasteiger partial charge in [-0.25, -0.2) is 4.98 Å². The molecule has 0 saturated carbocycles. The quantitative estimate of drug-likeness (QED) is 0.327. The summed E-state index contributed by atoms with van der Waals surface area (Å²) in [5, 5.41) is 17.4. The molecule has 1 aliphatic rings. The molecule has 8 nitrogen and oxygen atoms in total. The third kappa shape index (κ3) is 4.29. The van der Waals surface area contributed by atoms with Crippen LogP contribution in [-0.2, 0) is 20.1 Å². The fourth-order valence-corrected chi connectivity index (χ4v) is 4.93. The van der Waals surface area contributed by atoms with E-state index in [1.165, 1.54) is 5.56 Å². The number of pyridine rings is 1. The number of nitrogens with one attached hydrogen (secondary N) is 1. The molecule has 0 unspecified atom stereocenters. The van der Waals surface area contributed by atoms with Gasteiger partial charge in [0.1, 0.15) is 17.5 Å². The highest BCUT2D eigenvalue weighted by atomic mass is 35.5. The average Bonchev–Trinajstić information content (AvgIpc) is 3.57. The van der Waals surface area contributed by atoms with E-state index in [2.05, 4.69) is 78.2 Å². The van der Waals surface area contributed by atoms with E-state index < -0.39 is 0 Å². The molecule has 5 heterocycles. The standard InChI is InChI=1S/C26H25ClN8.H2S/c1-17(18-7-4-3-5-8-18)25-31-32-26-22-13-19(16-34(22)11-6-12-35(25)26)20-14-23(28-15-21(20)27)30-24-9-10-29-33(24)2;/h3-5,7-10,13-17H,6,11-12H2,1-2H3,(H,28,30);1H2/t17-;/m0./s1. The maximum atomic E-state index is 6.60. The lowest BCUT2D eigenvalue weighted by molar-refractivity contribution is 0.569. The van der Waals surface area contributed by atoms with E-state index in [1.807, 2.05) is 25.2 Å². The van der Waals surface area contributed by atoms with Crippen LogP contribution in [0.2, 0.25) is 5.02 Å². The number of nitrogens with zero attached hydrogens (tertiary/aromatic N) is 7. The molecule has 1 aromatic carbocycles. The molecule has 1 aliphatic heterocycles. The van der Waals surface area contributed by atoms with Crippen LogP contribution in [0.5, 0.6) is 0 Å². The van der Waals surface area contributed by atoms with Crippen LogP contribution >= 0.6 is 25.1 Å². The van der Waals surface area contributed by atoms with E-state index in [-0.39, 0.29) is 19.4 Å². The monoisotopic (exact) mass is 518 g/mol. The van der Waals surface area contributed by atoms with Crippen LogP contribution < -0.4 is 5.32 Å². The summed E-state index contributed by atoms with van der Waals surface area (Å²) in [5.74, 6) is 3.61. The summed E-state index contributed by atoms with van der Waals surface area (Å²) in [6, 6.07) is 16.5. The minimum Gasteiger partial charge on any atom is -0.344 e. The summed E-state index contributed by atoms with van der Waals surface area (Å²) in [6.07, 6.45) is 6.57. The number of fused-ring (bicyclic) bond motifs is 3. The zero-order valence-corrected chi connectivity index (χ0v) is 21.8. The van der Waals surface area contributed by atoms with Crippen molar-refractivity contribution in [3.05, 3.63) is 83.5 Å². The lowest BCUT2D eigenvalue weighted by Gasteiger charge is -2.13. The Hall–Kier alpha value is -3.56. The summed E-state index contributed by atoms with van der Waals surface area (Å²) < 4.78 is 6.28. The molecule has 10 heteroatoms. The van der Waals surface area contributed by atoms with Crippen LogP contribution in [0.3, 0.4) is 0 Å². The van der Waals surface area contributed by atoms with E-state index in [0.29, 0.717) is 10.8 Å². The smallest absolute Gasteiger partial charge is 0.180 e. The molecule has 6 rings (SSSR count). The van der Waals surface area contributed by atoms with Crippen molar-refractivity contribution in [2.75, 3.05) is 5.32 Å². The Morgan fingerprint density at radius 1 is 1.06 bits per heavy atom. The molecule has 0 fully saturated rings. The average molecular weight is 519 g/mol. The van der Waals surface area contributed by atoms with E-state index in [0.717, 1.165) is 53.8 Å². The third-order valence-corrected chi connectivity index (χ3v) is 6.92. The summed E-state index contributed by atoms with van der Waals surface area (Å²) in [7, 11) is 1.88. The number of aryl methyl sites for hydroxylation is 2. The van der Waals surface area contributed by atoms with Crippen LogP contribution in [0.15, 0.2) is 67.1 Å². The lowest BCUT2D eigenvalue weighted by atomic mass is 10.0. The molecule has 36 heavy (non-hydrogen) atoms. The topological polar surface area (TPSA) is 78.4 Å². The number of hydrogen-bond donors (Lipinski definition) is 1. The summed E-state index contributed by atoms with van der Waals surface area (Å²) >= 11 is 6.60. The maximum absolute atomic E-state index is 6.60. The molecular weight excluding hydrogens is 492 g/mol. The Morgan fingerprint density at radius 3 is 2.67 bits per heavy atom. The third-order valence-electron chi connectivity index (χ3n) is 6.62. The zero-order chi connectivity index (χ0) is 23.9. The van der Waals surface area contributed by atoms with Crippen LogP contribution in [0, 0.1) is 0 Å². The normalized spacial score (nSPS) is 13.3. The molecule has 0 aliphatic carbocycles. The predicted octanol–water partition coefficient (Wildman–Crippen LogP) is 5.61. The highest BCUT2D eigenvalue weighted by Crippen LogP contribution is 2.36. The van der Waals surface area contributed by atoms with Gasteiger partial charge in [0.05, 0.1) is 16.9 Å². The lowest BCUT2D eigenvalue weighted by Crippen LogP contribution is -2.09. The first-order valence-corrected chi connectivity index (χ1v) is 12.1. The number of halogens is 1. The second kappa shape index (κ2) is 9.83. The molecule has 1 N–H and O–H groups in total. The van der Waals surface area contributed by atoms with Gasteiger partial charge < -0.3 is 14.5 Å². The highest BCUT2D eigenvalue weighted by Gasteiger charge is 2.25. The summed E-state index contributed by atoms with van der Waals surface area (Å²) in [6.45, 7) is 3.98. The highest BCUT2D eigenvalue weighted by molar-refractivity contribution is 7.59. The molecule has 184 valence electrons. The molecule has 0 amide bonds. The van der Waals surface area contributed by atoms with E-state index in [4.69, 9.17) is 11.6 Å². The first kappa shape index (κ1) is 24.1. The predicted molar refractivity (Wildman–Crippen MR) is 147 cm³/mol. The SMILES string of the molecule is C[C@@H](c1ccccc1)c1nnc2n1CCCn1cc(-c3cc(Nc4ccnn4C)ncc3Cl)cc1-2.S. The second-order valence-corrected chi connectivity index (χ2v) is 9.25. The minimum absolute atomic E-state index is 0. The fourth-order valence-electron chi connectivity index (χ4n) is 4.72. The van der Waals surface area contributed by atoms with Crippen molar-refractivity contribution in [3.63, 3.8) is 0 Å². The van der Waals surface area contributed by atoms with E-state index in [1.54, 1.807) is 17.1 Å². The van der Waals surface area contributed by atoms with Crippen molar-refractivity contribution in [1.82, 2.24) is 34.1 Å². The van der Waals surface area contributed by atoms with Crippen molar-refractivity contribution in [3.8, 4) is 22.6 Å². The van der Waals surface area contributed by atoms with Crippen molar-refractivity contribution < 1.29 is 0 Å². The van der Waals surface area contributed by atoms with Gasteiger partial charge in [-0.2, -0.15) is 18.6 Å². The number of hydrogen-bond acceptors (Lipinski definition) is 5. The number of anilines is 2. The maximum Gasteiger partial charge on any atom is 0.180 e. The fraction of sp³-hybridized carbons (Fsp3) is 0.231. The van der Waals surface area contributed by atoms with Gasteiger partial charge in [-0.3, -0.25) is 4.68 Å². The molecule has 0 saturated heterocycles. The zero-order valence-electron chi connectivity index (χ0n) is 20.1. The van der Waals surface area contributed by atoms with E-state index >= 15 is 0 Å². The van der Waals surface area contributed by atoms with Gasteiger partial charge >= 0.3 is 0 Å². The van der Waals surface area contributed by atoms with Gasteiger partial charge in [0, 0.05) is 55.6 Å². The van der Waals surface area contributed by atoms with Crippen molar-refractivity contribution in [2.45, 2.75) is 32.4 Å². The number of benzene rings is 1. The first-order valence-electron chi connectivity index (χ1n) is 11.7. The van der Waals surface area contributed by atoms with Crippen LogP contribution in [-0.4, -0.2) is 34.1 Å². The second-order valence-electron chi connectivity index (χ2n) is 8.84.